The summed E-state index contributed by atoms with van der Waals surface area (Å²) in [7, 11) is 3.01. The van der Waals surface area contributed by atoms with Crippen LogP contribution in [0.3, 0.4) is 0 Å². The fraction of sp³-hybridized carbons (Fsp3) is 0.111. The van der Waals surface area contributed by atoms with Gasteiger partial charge in [0.1, 0.15) is 17.4 Å². The van der Waals surface area contributed by atoms with Crippen LogP contribution >= 0.6 is 0 Å². The standard InChI is InChI=1S/C18H16N2O4/c1-23-16-7-6-14(10-17(16)24-2)20-18(22)13(11-19)8-12-4-3-5-15(21)9-12/h3-10,21H,1-2H3,(H,20,22)/b13-8+. The molecule has 2 rings (SSSR count). The van der Waals surface area contributed by atoms with Gasteiger partial charge in [-0.1, -0.05) is 12.1 Å². The first-order chi connectivity index (χ1) is 11.6. The molecule has 6 heteroatoms. The summed E-state index contributed by atoms with van der Waals surface area (Å²) in [5, 5.41) is 21.3. The van der Waals surface area contributed by atoms with Crippen LogP contribution in [-0.2, 0) is 4.79 Å². The van der Waals surface area contributed by atoms with E-state index in [0.717, 1.165) is 0 Å². The minimum atomic E-state index is -0.562. The van der Waals surface area contributed by atoms with E-state index in [0.29, 0.717) is 22.7 Å². The molecule has 0 unspecified atom stereocenters. The first-order valence-corrected chi connectivity index (χ1v) is 7.01. The van der Waals surface area contributed by atoms with E-state index in [9.17, 15) is 15.2 Å². The number of benzene rings is 2. The first-order valence-electron chi connectivity index (χ1n) is 7.01. The normalized spacial score (nSPS) is 10.6. The SMILES string of the molecule is COc1ccc(NC(=O)/C(C#N)=C/c2cccc(O)c2)cc1OC. The molecule has 24 heavy (non-hydrogen) atoms. The second-order valence-corrected chi connectivity index (χ2v) is 4.79. The van der Waals surface area contributed by atoms with Crippen molar-refractivity contribution in [3.8, 4) is 23.3 Å². The van der Waals surface area contributed by atoms with Crippen LogP contribution in [0.2, 0.25) is 0 Å². The topological polar surface area (TPSA) is 91.6 Å². The van der Waals surface area contributed by atoms with Crippen LogP contribution in [0.1, 0.15) is 5.56 Å². The van der Waals surface area contributed by atoms with Gasteiger partial charge in [-0.05, 0) is 35.9 Å². The van der Waals surface area contributed by atoms with E-state index in [-0.39, 0.29) is 11.3 Å². The third-order valence-electron chi connectivity index (χ3n) is 3.19. The van der Waals surface area contributed by atoms with Crippen LogP contribution in [0.25, 0.3) is 6.08 Å². The molecule has 0 atom stereocenters. The quantitative estimate of drug-likeness (QED) is 0.652. The van der Waals surface area contributed by atoms with Crippen molar-refractivity contribution in [2.24, 2.45) is 0 Å². The molecule has 6 nitrogen and oxygen atoms in total. The summed E-state index contributed by atoms with van der Waals surface area (Å²) in [6.45, 7) is 0. The Hall–Kier alpha value is -3.46. The zero-order chi connectivity index (χ0) is 17.5. The van der Waals surface area contributed by atoms with Crippen molar-refractivity contribution in [2.75, 3.05) is 19.5 Å². The monoisotopic (exact) mass is 324 g/mol. The van der Waals surface area contributed by atoms with E-state index in [2.05, 4.69) is 5.32 Å². The van der Waals surface area contributed by atoms with Gasteiger partial charge in [0.05, 0.1) is 14.2 Å². The highest BCUT2D eigenvalue weighted by molar-refractivity contribution is 6.09. The third-order valence-corrected chi connectivity index (χ3v) is 3.19. The number of rotatable bonds is 5. The lowest BCUT2D eigenvalue weighted by molar-refractivity contribution is -0.112. The van der Waals surface area contributed by atoms with E-state index >= 15 is 0 Å². The fourth-order valence-corrected chi connectivity index (χ4v) is 2.04. The molecule has 2 aromatic carbocycles. The Morgan fingerprint density at radius 2 is 1.92 bits per heavy atom. The molecule has 0 aliphatic heterocycles. The minimum Gasteiger partial charge on any atom is -0.508 e. The molecule has 0 saturated heterocycles. The molecule has 2 aromatic rings. The maximum Gasteiger partial charge on any atom is 0.266 e. The van der Waals surface area contributed by atoms with Gasteiger partial charge in [-0.3, -0.25) is 4.79 Å². The predicted molar refractivity (Wildman–Crippen MR) is 89.9 cm³/mol. The molecule has 2 N–H and O–H groups in total. The zero-order valence-corrected chi connectivity index (χ0v) is 13.2. The summed E-state index contributed by atoms with van der Waals surface area (Å²) in [6, 6.07) is 13.0. The van der Waals surface area contributed by atoms with Gasteiger partial charge in [0, 0.05) is 11.8 Å². The average Bonchev–Trinajstić information content (AvgIpc) is 2.59. The van der Waals surface area contributed by atoms with E-state index in [1.165, 1.54) is 32.4 Å². The minimum absolute atomic E-state index is 0.0568. The lowest BCUT2D eigenvalue weighted by Crippen LogP contribution is -2.13. The molecule has 0 radical (unpaired) electrons. The van der Waals surface area contributed by atoms with Crippen LogP contribution in [0.15, 0.2) is 48.0 Å². The maximum atomic E-state index is 12.3. The van der Waals surface area contributed by atoms with Gasteiger partial charge >= 0.3 is 0 Å². The summed E-state index contributed by atoms with van der Waals surface area (Å²) in [4.78, 5) is 12.3. The smallest absolute Gasteiger partial charge is 0.266 e. The van der Waals surface area contributed by atoms with Gasteiger partial charge in [-0.2, -0.15) is 5.26 Å². The second-order valence-electron chi connectivity index (χ2n) is 4.79. The molecule has 122 valence electrons. The van der Waals surface area contributed by atoms with Crippen LogP contribution in [0, 0.1) is 11.3 Å². The van der Waals surface area contributed by atoms with Crippen LogP contribution in [0.4, 0.5) is 5.69 Å². The number of amides is 1. The summed E-state index contributed by atoms with van der Waals surface area (Å²) >= 11 is 0. The molecule has 0 saturated carbocycles. The Bertz CT molecular complexity index is 822. The van der Waals surface area contributed by atoms with E-state index in [4.69, 9.17) is 9.47 Å². The number of nitriles is 1. The van der Waals surface area contributed by atoms with Crippen molar-refractivity contribution >= 4 is 17.7 Å². The summed E-state index contributed by atoms with van der Waals surface area (Å²) < 4.78 is 10.3. The highest BCUT2D eigenvalue weighted by Crippen LogP contribution is 2.29. The van der Waals surface area contributed by atoms with E-state index in [1.54, 1.807) is 30.3 Å². The Labute approximate surface area is 139 Å². The summed E-state index contributed by atoms with van der Waals surface area (Å²) in [5.41, 5.74) is 0.930. The van der Waals surface area contributed by atoms with Gasteiger partial charge in [-0.15, -0.1) is 0 Å². The number of carbonyl (C=O) groups is 1. The molecule has 0 aliphatic carbocycles. The van der Waals surface area contributed by atoms with Gasteiger partial charge in [-0.25, -0.2) is 0 Å². The number of nitrogens with one attached hydrogen (secondary N) is 1. The van der Waals surface area contributed by atoms with E-state index in [1.807, 2.05) is 6.07 Å². The lowest BCUT2D eigenvalue weighted by Gasteiger charge is -2.10. The molecule has 0 spiro atoms. The first kappa shape index (κ1) is 16.9. The number of ether oxygens (including phenoxy) is 2. The highest BCUT2D eigenvalue weighted by Gasteiger charge is 2.11. The average molecular weight is 324 g/mol. The largest absolute Gasteiger partial charge is 0.508 e. The van der Waals surface area contributed by atoms with Crippen LogP contribution < -0.4 is 14.8 Å². The Kier molecular flexibility index (Phi) is 5.42. The molecular formula is C18H16N2O4. The number of hydrogen-bond donors (Lipinski definition) is 2. The third kappa shape index (κ3) is 4.05. The Morgan fingerprint density at radius 3 is 2.54 bits per heavy atom. The second kappa shape index (κ2) is 7.70. The number of methoxy groups -OCH3 is 2. The molecular weight excluding hydrogens is 308 g/mol. The Balaban J connectivity index is 2.23. The van der Waals surface area contributed by atoms with Gasteiger partial charge < -0.3 is 19.9 Å². The van der Waals surface area contributed by atoms with Gasteiger partial charge in [0.2, 0.25) is 0 Å². The molecule has 0 heterocycles. The number of anilines is 1. The van der Waals surface area contributed by atoms with Crippen molar-refractivity contribution < 1.29 is 19.4 Å². The summed E-state index contributed by atoms with van der Waals surface area (Å²) in [6.07, 6.45) is 1.40. The number of aromatic hydroxyl groups is 1. The molecule has 0 fully saturated rings. The van der Waals surface area contributed by atoms with Crippen molar-refractivity contribution in [1.29, 1.82) is 5.26 Å². The Morgan fingerprint density at radius 1 is 1.17 bits per heavy atom. The van der Waals surface area contributed by atoms with Crippen molar-refractivity contribution in [2.45, 2.75) is 0 Å². The van der Waals surface area contributed by atoms with E-state index < -0.39 is 5.91 Å². The van der Waals surface area contributed by atoms with Gasteiger partial charge in [0.25, 0.3) is 5.91 Å². The molecule has 0 bridgehead atoms. The fourth-order valence-electron chi connectivity index (χ4n) is 2.04. The number of carbonyl (C=O) groups excluding carboxylic acids is 1. The molecule has 0 aromatic heterocycles. The highest BCUT2D eigenvalue weighted by atomic mass is 16.5. The zero-order valence-electron chi connectivity index (χ0n) is 13.2. The van der Waals surface area contributed by atoms with Crippen molar-refractivity contribution in [3.63, 3.8) is 0 Å². The molecule has 1 amide bonds. The number of nitrogens with zero attached hydrogens (tertiary/aromatic N) is 1. The maximum absolute atomic E-state index is 12.3. The van der Waals surface area contributed by atoms with Crippen LogP contribution in [-0.4, -0.2) is 25.2 Å². The van der Waals surface area contributed by atoms with Gasteiger partial charge in [0.15, 0.2) is 11.5 Å². The number of phenols is 1. The van der Waals surface area contributed by atoms with Crippen molar-refractivity contribution in [1.82, 2.24) is 0 Å². The number of phenolic OH excluding ortho intramolecular Hbond substituents is 1. The predicted octanol–water partition coefficient (Wildman–Crippen LogP) is 2.96. The number of hydrogen-bond acceptors (Lipinski definition) is 5. The lowest BCUT2D eigenvalue weighted by atomic mass is 10.1. The van der Waals surface area contributed by atoms with Crippen LogP contribution in [0.5, 0.6) is 17.2 Å². The summed E-state index contributed by atoms with van der Waals surface area (Å²) in [5.74, 6) is 0.492. The molecule has 0 aliphatic rings. The van der Waals surface area contributed by atoms with Crippen molar-refractivity contribution in [3.05, 3.63) is 53.6 Å².